The molecule has 4 rings (SSSR count). The number of nitrogens with zero attached hydrogens (tertiary/aromatic N) is 3. The van der Waals surface area contributed by atoms with Crippen molar-refractivity contribution in [2.75, 3.05) is 0 Å². The molecule has 1 unspecified atom stereocenters. The Morgan fingerprint density at radius 3 is 2.81 bits per heavy atom. The van der Waals surface area contributed by atoms with E-state index < -0.39 is 11.6 Å². The van der Waals surface area contributed by atoms with Gasteiger partial charge in [-0.05, 0) is 37.4 Å². The second kappa shape index (κ2) is 5.91. The summed E-state index contributed by atoms with van der Waals surface area (Å²) in [5.74, 6) is -0.136. The van der Waals surface area contributed by atoms with Crippen LogP contribution in [0.3, 0.4) is 0 Å². The van der Waals surface area contributed by atoms with Crippen molar-refractivity contribution < 1.29 is 14.0 Å². The molecule has 1 aromatic carbocycles. The second-order valence-corrected chi connectivity index (χ2v) is 7.28. The highest BCUT2D eigenvalue weighted by molar-refractivity contribution is 7.10. The van der Waals surface area contributed by atoms with Crippen LogP contribution in [0, 0.1) is 5.82 Å². The molecule has 2 aromatic heterocycles. The molecule has 6 nitrogen and oxygen atoms in total. The predicted molar refractivity (Wildman–Crippen MR) is 96.1 cm³/mol. The second-order valence-electron chi connectivity index (χ2n) is 6.33. The number of thiophene rings is 1. The van der Waals surface area contributed by atoms with Gasteiger partial charge in [0.25, 0.3) is 5.91 Å². The van der Waals surface area contributed by atoms with Gasteiger partial charge >= 0.3 is 6.03 Å². The van der Waals surface area contributed by atoms with Gasteiger partial charge in [-0.1, -0.05) is 6.07 Å². The van der Waals surface area contributed by atoms with E-state index in [1.165, 1.54) is 28.4 Å². The van der Waals surface area contributed by atoms with Crippen molar-refractivity contribution in [1.82, 2.24) is 19.8 Å². The molecule has 1 N–H and O–H groups in total. The fourth-order valence-corrected chi connectivity index (χ4v) is 4.17. The van der Waals surface area contributed by atoms with Crippen molar-refractivity contribution >= 4 is 34.3 Å². The first-order chi connectivity index (χ1) is 12.4. The number of nitrogens with one attached hydrogen (secondary N) is 1. The van der Waals surface area contributed by atoms with Gasteiger partial charge < -0.3 is 9.88 Å². The lowest BCUT2D eigenvalue weighted by molar-refractivity contribution is -0.131. The van der Waals surface area contributed by atoms with E-state index >= 15 is 0 Å². The summed E-state index contributed by atoms with van der Waals surface area (Å²) in [6.07, 6.45) is 0. The first-order valence-electron chi connectivity index (χ1n) is 8.27. The highest BCUT2D eigenvalue weighted by Crippen LogP contribution is 2.32. The zero-order chi connectivity index (χ0) is 18.5. The van der Waals surface area contributed by atoms with Crippen LogP contribution >= 0.6 is 11.3 Å². The molecule has 26 heavy (non-hydrogen) atoms. The molecule has 1 aliphatic rings. The standard InChI is InChI=1S/C18H17FN4O2S/c1-3-22-13-7-6-11(19)9-12(13)20-15(22)10-23-16(24)18(2,21-17(23)25)14-5-4-8-26-14/h4-9H,3,10H2,1-2H3,(H,21,25). The summed E-state index contributed by atoms with van der Waals surface area (Å²) in [6.45, 7) is 4.28. The van der Waals surface area contributed by atoms with Crippen LogP contribution in [0.25, 0.3) is 11.0 Å². The summed E-state index contributed by atoms with van der Waals surface area (Å²) >= 11 is 1.42. The Balaban J connectivity index is 1.70. The zero-order valence-electron chi connectivity index (χ0n) is 14.3. The summed E-state index contributed by atoms with van der Waals surface area (Å²) in [4.78, 5) is 31.8. The molecule has 0 bridgehead atoms. The number of benzene rings is 1. The number of carbonyl (C=O) groups is 2. The van der Waals surface area contributed by atoms with E-state index in [4.69, 9.17) is 0 Å². The predicted octanol–water partition coefficient (Wildman–Crippen LogP) is 3.22. The number of fused-ring (bicyclic) bond motifs is 1. The van der Waals surface area contributed by atoms with Crippen LogP contribution in [-0.2, 0) is 23.4 Å². The number of aryl methyl sites for hydroxylation is 1. The quantitative estimate of drug-likeness (QED) is 0.715. The van der Waals surface area contributed by atoms with Crippen LogP contribution in [0.2, 0.25) is 0 Å². The number of amides is 3. The summed E-state index contributed by atoms with van der Waals surface area (Å²) in [5, 5.41) is 4.65. The Kier molecular flexibility index (Phi) is 3.80. The molecule has 8 heteroatoms. The normalized spacial score (nSPS) is 20.2. The van der Waals surface area contributed by atoms with E-state index in [2.05, 4.69) is 10.3 Å². The van der Waals surface area contributed by atoms with Crippen LogP contribution in [0.15, 0.2) is 35.7 Å². The van der Waals surface area contributed by atoms with Crippen molar-refractivity contribution in [2.45, 2.75) is 32.5 Å². The van der Waals surface area contributed by atoms with Crippen LogP contribution in [0.5, 0.6) is 0 Å². The molecule has 0 radical (unpaired) electrons. The Labute approximate surface area is 153 Å². The maximum Gasteiger partial charge on any atom is 0.325 e. The fourth-order valence-electron chi connectivity index (χ4n) is 3.34. The topological polar surface area (TPSA) is 67.2 Å². The van der Waals surface area contributed by atoms with Crippen molar-refractivity contribution in [3.05, 3.63) is 52.2 Å². The summed E-state index contributed by atoms with van der Waals surface area (Å²) in [5.41, 5.74) is 0.215. The number of carbonyl (C=O) groups excluding carboxylic acids is 2. The third-order valence-electron chi connectivity index (χ3n) is 4.69. The number of rotatable bonds is 4. The van der Waals surface area contributed by atoms with Crippen molar-refractivity contribution in [2.24, 2.45) is 0 Å². The van der Waals surface area contributed by atoms with Gasteiger partial charge in [-0.15, -0.1) is 11.3 Å². The van der Waals surface area contributed by atoms with E-state index in [1.807, 2.05) is 29.0 Å². The van der Waals surface area contributed by atoms with Gasteiger partial charge in [-0.3, -0.25) is 9.69 Å². The van der Waals surface area contributed by atoms with Crippen LogP contribution in [0.4, 0.5) is 9.18 Å². The average molecular weight is 372 g/mol. The molecule has 1 atom stereocenters. The Morgan fingerprint density at radius 2 is 2.12 bits per heavy atom. The molecule has 3 aromatic rings. The lowest BCUT2D eigenvalue weighted by Crippen LogP contribution is -2.40. The highest BCUT2D eigenvalue weighted by atomic mass is 32.1. The minimum atomic E-state index is -1.07. The summed E-state index contributed by atoms with van der Waals surface area (Å²) in [7, 11) is 0. The number of hydrogen-bond donors (Lipinski definition) is 1. The molecule has 3 amide bonds. The Morgan fingerprint density at radius 1 is 1.31 bits per heavy atom. The molecule has 1 aliphatic heterocycles. The van der Waals surface area contributed by atoms with Crippen molar-refractivity contribution in [1.29, 1.82) is 0 Å². The smallest absolute Gasteiger partial charge is 0.325 e. The first-order valence-corrected chi connectivity index (χ1v) is 9.14. The van der Waals surface area contributed by atoms with E-state index in [0.717, 1.165) is 10.4 Å². The first kappa shape index (κ1) is 16.7. The largest absolute Gasteiger partial charge is 0.327 e. The van der Waals surface area contributed by atoms with Crippen molar-refractivity contribution in [3.63, 3.8) is 0 Å². The number of hydrogen-bond acceptors (Lipinski definition) is 4. The van der Waals surface area contributed by atoms with Gasteiger partial charge in [0.05, 0.1) is 17.6 Å². The monoisotopic (exact) mass is 372 g/mol. The van der Waals surface area contributed by atoms with Crippen LogP contribution in [-0.4, -0.2) is 26.4 Å². The lowest BCUT2D eigenvalue weighted by atomic mass is 10.0. The highest BCUT2D eigenvalue weighted by Gasteiger charge is 2.49. The number of aromatic nitrogens is 2. The van der Waals surface area contributed by atoms with Gasteiger partial charge in [0.15, 0.2) is 5.54 Å². The minimum Gasteiger partial charge on any atom is -0.327 e. The van der Waals surface area contributed by atoms with Gasteiger partial charge in [0.2, 0.25) is 0 Å². The van der Waals surface area contributed by atoms with Crippen LogP contribution < -0.4 is 5.32 Å². The minimum absolute atomic E-state index is 0.0375. The van der Waals surface area contributed by atoms with E-state index in [0.29, 0.717) is 17.9 Å². The summed E-state index contributed by atoms with van der Waals surface area (Å²) in [6, 6.07) is 7.61. The molecule has 3 heterocycles. The van der Waals surface area contributed by atoms with Gasteiger partial charge in [0, 0.05) is 17.5 Å². The number of imidazole rings is 1. The third kappa shape index (κ3) is 2.40. The molecule has 0 spiro atoms. The molecular formula is C18H17FN4O2S. The third-order valence-corrected chi connectivity index (χ3v) is 5.79. The van der Waals surface area contributed by atoms with Gasteiger partial charge in [-0.25, -0.2) is 14.2 Å². The average Bonchev–Trinajstić information content (AvgIpc) is 3.29. The maximum atomic E-state index is 13.5. The Bertz CT molecular complexity index is 1010. The molecule has 1 fully saturated rings. The number of urea groups is 1. The maximum absolute atomic E-state index is 13.5. The molecule has 1 saturated heterocycles. The molecule has 134 valence electrons. The number of halogens is 1. The van der Waals surface area contributed by atoms with Crippen molar-refractivity contribution in [3.8, 4) is 0 Å². The van der Waals surface area contributed by atoms with Gasteiger partial charge in [-0.2, -0.15) is 0 Å². The zero-order valence-corrected chi connectivity index (χ0v) is 15.1. The summed E-state index contributed by atoms with van der Waals surface area (Å²) < 4.78 is 15.4. The van der Waals surface area contributed by atoms with Crippen LogP contribution in [0.1, 0.15) is 24.5 Å². The SMILES string of the molecule is CCn1c(CN2C(=O)NC(C)(c3cccs3)C2=O)nc2cc(F)ccc21. The molecule has 0 aliphatic carbocycles. The molecular weight excluding hydrogens is 355 g/mol. The Hall–Kier alpha value is -2.74. The van der Waals surface area contributed by atoms with E-state index in [9.17, 15) is 14.0 Å². The number of imide groups is 1. The lowest BCUT2D eigenvalue weighted by Gasteiger charge is -2.20. The van der Waals surface area contributed by atoms with Gasteiger partial charge in [0.1, 0.15) is 11.6 Å². The molecule has 0 saturated carbocycles. The van der Waals surface area contributed by atoms with E-state index in [1.54, 1.807) is 13.0 Å². The van der Waals surface area contributed by atoms with E-state index in [-0.39, 0.29) is 18.3 Å². The fraction of sp³-hybridized carbons (Fsp3) is 0.278.